The molecule has 8 heteroatoms. The van der Waals surface area contributed by atoms with Gasteiger partial charge in [0.25, 0.3) is 0 Å². The first kappa shape index (κ1) is 20.9. The molecule has 1 aromatic rings. The highest BCUT2D eigenvalue weighted by molar-refractivity contribution is 5.71. The molecule has 1 aromatic heterocycles. The standard InChI is InChI=1S/C22H32N6O2/c1-17-4-5-18(14-23)20(24-17)27-10-7-22(8-11-27)16-28(21(29)30-22)13-12-26-9-6-19(15-26)25(2)3/h4-5,19H,6-13,15-16H2,1-3H3. The summed E-state index contributed by atoms with van der Waals surface area (Å²) in [4.78, 5) is 25.9. The van der Waals surface area contributed by atoms with E-state index in [1.807, 2.05) is 24.0 Å². The van der Waals surface area contributed by atoms with Crippen LogP contribution in [0.5, 0.6) is 0 Å². The predicted molar refractivity (Wildman–Crippen MR) is 114 cm³/mol. The Morgan fingerprint density at radius 2 is 2.03 bits per heavy atom. The van der Waals surface area contributed by atoms with Crippen LogP contribution in [0.25, 0.3) is 0 Å². The minimum absolute atomic E-state index is 0.182. The van der Waals surface area contributed by atoms with Crippen molar-refractivity contribution in [3.05, 3.63) is 23.4 Å². The highest BCUT2D eigenvalue weighted by atomic mass is 16.6. The van der Waals surface area contributed by atoms with Gasteiger partial charge in [0, 0.05) is 57.3 Å². The first-order chi connectivity index (χ1) is 14.4. The molecular weight excluding hydrogens is 380 g/mol. The van der Waals surface area contributed by atoms with Crippen molar-refractivity contribution in [2.45, 2.75) is 37.8 Å². The molecule has 1 unspecified atom stereocenters. The van der Waals surface area contributed by atoms with Crippen molar-refractivity contribution in [1.29, 1.82) is 5.26 Å². The molecule has 0 radical (unpaired) electrons. The van der Waals surface area contributed by atoms with Crippen LogP contribution in [0.2, 0.25) is 0 Å². The third-order valence-corrected chi connectivity index (χ3v) is 6.81. The van der Waals surface area contributed by atoms with E-state index in [-0.39, 0.29) is 6.09 Å². The van der Waals surface area contributed by atoms with Gasteiger partial charge in [0.2, 0.25) is 0 Å². The molecule has 162 valence electrons. The van der Waals surface area contributed by atoms with Crippen LogP contribution >= 0.6 is 0 Å². The average molecular weight is 413 g/mol. The molecule has 1 atom stereocenters. The maximum Gasteiger partial charge on any atom is 0.410 e. The highest BCUT2D eigenvalue weighted by Gasteiger charge is 2.47. The number of likely N-dealkylation sites (N-methyl/N-ethyl adjacent to an activating group) is 1. The summed E-state index contributed by atoms with van der Waals surface area (Å²) >= 11 is 0. The summed E-state index contributed by atoms with van der Waals surface area (Å²) in [6.07, 6.45) is 2.54. The quantitative estimate of drug-likeness (QED) is 0.728. The number of piperidine rings is 1. The topological polar surface area (TPSA) is 75.9 Å². The lowest BCUT2D eigenvalue weighted by Gasteiger charge is -2.38. The fourth-order valence-corrected chi connectivity index (χ4v) is 4.82. The third-order valence-electron chi connectivity index (χ3n) is 6.81. The zero-order chi connectivity index (χ0) is 21.3. The minimum Gasteiger partial charge on any atom is -0.441 e. The molecule has 3 aliphatic heterocycles. The Morgan fingerprint density at radius 3 is 2.70 bits per heavy atom. The molecule has 0 aromatic carbocycles. The van der Waals surface area contributed by atoms with Crippen LogP contribution < -0.4 is 4.90 Å². The number of carbonyl (C=O) groups excluding carboxylic acids is 1. The molecule has 1 spiro atoms. The molecule has 8 nitrogen and oxygen atoms in total. The molecule has 3 fully saturated rings. The molecule has 0 aliphatic carbocycles. The predicted octanol–water partition coefficient (Wildman–Crippen LogP) is 1.69. The second-order valence-electron chi connectivity index (χ2n) is 9.10. The van der Waals surface area contributed by atoms with Gasteiger partial charge < -0.3 is 19.4 Å². The van der Waals surface area contributed by atoms with Gasteiger partial charge in [-0.25, -0.2) is 9.78 Å². The van der Waals surface area contributed by atoms with Crippen molar-refractivity contribution in [2.24, 2.45) is 0 Å². The van der Waals surface area contributed by atoms with E-state index in [9.17, 15) is 10.1 Å². The summed E-state index contributed by atoms with van der Waals surface area (Å²) in [6, 6.07) is 6.55. The number of likely N-dealkylation sites (tertiary alicyclic amines) is 1. The number of anilines is 1. The molecule has 4 rings (SSSR count). The van der Waals surface area contributed by atoms with Crippen LogP contribution in [0.3, 0.4) is 0 Å². The Kier molecular flexibility index (Phi) is 5.85. The molecule has 0 bridgehead atoms. The van der Waals surface area contributed by atoms with Gasteiger partial charge >= 0.3 is 6.09 Å². The van der Waals surface area contributed by atoms with Crippen LogP contribution in [0.4, 0.5) is 10.6 Å². The molecule has 0 saturated carbocycles. The normalized spacial score (nSPS) is 24.0. The van der Waals surface area contributed by atoms with Crippen LogP contribution in [0.1, 0.15) is 30.5 Å². The Morgan fingerprint density at radius 1 is 1.27 bits per heavy atom. The highest BCUT2D eigenvalue weighted by Crippen LogP contribution is 2.35. The molecule has 1 amide bonds. The number of aryl methyl sites for hydroxylation is 1. The van der Waals surface area contributed by atoms with Gasteiger partial charge in [-0.3, -0.25) is 4.90 Å². The van der Waals surface area contributed by atoms with Crippen molar-refractivity contribution in [1.82, 2.24) is 19.7 Å². The lowest BCUT2D eigenvalue weighted by molar-refractivity contribution is 0.0365. The lowest BCUT2D eigenvalue weighted by atomic mass is 9.91. The van der Waals surface area contributed by atoms with E-state index in [0.717, 1.165) is 63.6 Å². The summed E-state index contributed by atoms with van der Waals surface area (Å²) in [7, 11) is 4.27. The van der Waals surface area contributed by atoms with Crippen LogP contribution in [-0.2, 0) is 4.74 Å². The van der Waals surface area contributed by atoms with E-state index in [1.54, 1.807) is 0 Å². The second-order valence-corrected chi connectivity index (χ2v) is 9.10. The summed E-state index contributed by atoms with van der Waals surface area (Å²) in [5, 5.41) is 9.41. The third kappa shape index (κ3) is 4.23. The fourth-order valence-electron chi connectivity index (χ4n) is 4.82. The van der Waals surface area contributed by atoms with E-state index in [4.69, 9.17) is 4.74 Å². The minimum atomic E-state index is -0.401. The van der Waals surface area contributed by atoms with E-state index in [2.05, 4.69) is 39.8 Å². The number of pyridine rings is 1. The van der Waals surface area contributed by atoms with E-state index in [0.29, 0.717) is 18.2 Å². The number of aromatic nitrogens is 1. The van der Waals surface area contributed by atoms with Crippen molar-refractivity contribution in [2.75, 3.05) is 64.8 Å². The number of amides is 1. The van der Waals surface area contributed by atoms with Crippen LogP contribution in [0, 0.1) is 18.3 Å². The molecule has 0 N–H and O–H groups in total. The van der Waals surface area contributed by atoms with Gasteiger partial charge in [-0.05, 0) is 46.1 Å². The molecule has 3 saturated heterocycles. The first-order valence-electron chi connectivity index (χ1n) is 10.9. The van der Waals surface area contributed by atoms with Gasteiger partial charge in [-0.15, -0.1) is 0 Å². The van der Waals surface area contributed by atoms with Crippen molar-refractivity contribution in [3.8, 4) is 6.07 Å². The van der Waals surface area contributed by atoms with Gasteiger partial charge in [0.1, 0.15) is 17.5 Å². The maximum atomic E-state index is 12.5. The van der Waals surface area contributed by atoms with Crippen molar-refractivity contribution < 1.29 is 9.53 Å². The number of ether oxygens (including phenoxy) is 1. The first-order valence-corrected chi connectivity index (χ1v) is 10.9. The van der Waals surface area contributed by atoms with Gasteiger partial charge in [0.15, 0.2) is 0 Å². The number of carbonyl (C=O) groups is 1. The number of nitriles is 1. The summed E-state index contributed by atoms with van der Waals surface area (Å²) in [5.41, 5.74) is 1.10. The molecule has 3 aliphatic rings. The molecule has 4 heterocycles. The average Bonchev–Trinajstić information content (AvgIpc) is 3.32. The zero-order valence-corrected chi connectivity index (χ0v) is 18.3. The lowest BCUT2D eigenvalue weighted by Crippen LogP contribution is -2.47. The summed E-state index contributed by atoms with van der Waals surface area (Å²) in [5.74, 6) is 0.748. The smallest absolute Gasteiger partial charge is 0.410 e. The maximum absolute atomic E-state index is 12.5. The largest absolute Gasteiger partial charge is 0.441 e. The molecule has 30 heavy (non-hydrogen) atoms. The van der Waals surface area contributed by atoms with E-state index < -0.39 is 5.60 Å². The number of nitrogens with zero attached hydrogens (tertiary/aromatic N) is 6. The van der Waals surface area contributed by atoms with Crippen molar-refractivity contribution in [3.63, 3.8) is 0 Å². The second kappa shape index (κ2) is 8.40. The summed E-state index contributed by atoms with van der Waals surface area (Å²) in [6.45, 7) is 7.87. The number of hydrogen-bond acceptors (Lipinski definition) is 7. The van der Waals surface area contributed by atoms with E-state index >= 15 is 0 Å². The van der Waals surface area contributed by atoms with Gasteiger partial charge in [0.05, 0.1) is 12.1 Å². The fraction of sp³-hybridized carbons (Fsp3) is 0.682. The number of rotatable bonds is 5. The summed E-state index contributed by atoms with van der Waals surface area (Å²) < 4.78 is 5.89. The van der Waals surface area contributed by atoms with Crippen molar-refractivity contribution >= 4 is 11.9 Å². The SMILES string of the molecule is Cc1ccc(C#N)c(N2CCC3(CC2)CN(CCN2CCC(N(C)C)C2)C(=O)O3)n1. The van der Waals surface area contributed by atoms with Crippen LogP contribution in [0.15, 0.2) is 12.1 Å². The van der Waals surface area contributed by atoms with E-state index in [1.165, 1.54) is 6.42 Å². The van der Waals surface area contributed by atoms with Gasteiger partial charge in [-0.1, -0.05) is 0 Å². The number of hydrogen-bond donors (Lipinski definition) is 0. The van der Waals surface area contributed by atoms with Crippen LogP contribution in [-0.4, -0.2) is 97.3 Å². The Labute approximate surface area is 179 Å². The monoisotopic (exact) mass is 412 g/mol. The zero-order valence-electron chi connectivity index (χ0n) is 18.3. The Hall–Kier alpha value is -2.37. The van der Waals surface area contributed by atoms with Gasteiger partial charge in [-0.2, -0.15) is 5.26 Å². The molecular formula is C22H32N6O2. The Balaban J connectivity index is 1.32. The Bertz CT molecular complexity index is 827.